The van der Waals surface area contributed by atoms with Gasteiger partial charge in [0.25, 0.3) is 15.9 Å². The van der Waals surface area contributed by atoms with Crippen LogP contribution in [0.4, 0.5) is 5.69 Å². The SMILES string of the molecule is COc1cccc(CNC(=O)c2cc(S(=O)(=O)Nc3ccc(C)cc3)ccc2C)c1. The normalized spacial score (nSPS) is 11.0. The molecule has 2 N–H and O–H groups in total. The Morgan fingerprint density at radius 1 is 0.967 bits per heavy atom. The van der Waals surface area contributed by atoms with Crippen molar-refractivity contribution in [3.05, 3.63) is 89.0 Å². The van der Waals surface area contributed by atoms with Crippen LogP contribution in [0.25, 0.3) is 0 Å². The minimum Gasteiger partial charge on any atom is -0.497 e. The third kappa shape index (κ3) is 5.18. The summed E-state index contributed by atoms with van der Waals surface area (Å²) in [5.41, 5.74) is 3.37. The number of rotatable bonds is 7. The van der Waals surface area contributed by atoms with Gasteiger partial charge in [0, 0.05) is 17.8 Å². The number of nitrogens with one attached hydrogen (secondary N) is 2. The minimum absolute atomic E-state index is 0.0280. The van der Waals surface area contributed by atoms with Crippen LogP contribution in [0.2, 0.25) is 0 Å². The lowest BCUT2D eigenvalue weighted by Gasteiger charge is -2.12. The first-order chi connectivity index (χ1) is 14.3. The first-order valence-electron chi connectivity index (χ1n) is 9.40. The van der Waals surface area contributed by atoms with Gasteiger partial charge in [0.2, 0.25) is 0 Å². The van der Waals surface area contributed by atoms with E-state index in [9.17, 15) is 13.2 Å². The van der Waals surface area contributed by atoms with Crippen LogP contribution in [-0.2, 0) is 16.6 Å². The molecule has 0 heterocycles. The summed E-state index contributed by atoms with van der Waals surface area (Å²) in [6, 6.07) is 18.9. The molecule has 30 heavy (non-hydrogen) atoms. The highest BCUT2D eigenvalue weighted by atomic mass is 32.2. The van der Waals surface area contributed by atoms with Crippen molar-refractivity contribution in [1.29, 1.82) is 0 Å². The van der Waals surface area contributed by atoms with Crippen molar-refractivity contribution < 1.29 is 17.9 Å². The highest BCUT2D eigenvalue weighted by molar-refractivity contribution is 7.92. The molecule has 7 heteroatoms. The molecule has 0 aliphatic carbocycles. The van der Waals surface area contributed by atoms with Gasteiger partial charge in [0.15, 0.2) is 0 Å². The lowest BCUT2D eigenvalue weighted by Crippen LogP contribution is -2.24. The number of carbonyl (C=O) groups excluding carboxylic acids is 1. The summed E-state index contributed by atoms with van der Waals surface area (Å²) in [5.74, 6) is 0.357. The monoisotopic (exact) mass is 424 g/mol. The van der Waals surface area contributed by atoms with Crippen LogP contribution in [0.5, 0.6) is 5.75 Å². The van der Waals surface area contributed by atoms with Crippen LogP contribution in [0.1, 0.15) is 27.0 Å². The highest BCUT2D eigenvalue weighted by Gasteiger charge is 2.18. The van der Waals surface area contributed by atoms with Gasteiger partial charge < -0.3 is 10.1 Å². The number of anilines is 1. The Balaban J connectivity index is 1.78. The Morgan fingerprint density at radius 2 is 1.70 bits per heavy atom. The molecule has 6 nitrogen and oxygen atoms in total. The largest absolute Gasteiger partial charge is 0.497 e. The average molecular weight is 425 g/mol. The Morgan fingerprint density at radius 3 is 2.40 bits per heavy atom. The molecule has 0 aromatic heterocycles. The molecule has 3 aromatic carbocycles. The summed E-state index contributed by atoms with van der Waals surface area (Å²) in [7, 11) is -2.24. The summed E-state index contributed by atoms with van der Waals surface area (Å²) in [6.45, 7) is 3.99. The van der Waals surface area contributed by atoms with E-state index in [-0.39, 0.29) is 10.8 Å². The number of methoxy groups -OCH3 is 1. The van der Waals surface area contributed by atoms with E-state index in [2.05, 4.69) is 10.0 Å². The summed E-state index contributed by atoms with van der Waals surface area (Å²) < 4.78 is 33.3. The van der Waals surface area contributed by atoms with E-state index in [4.69, 9.17) is 4.74 Å². The van der Waals surface area contributed by atoms with Gasteiger partial charge in [-0.05, 0) is 61.4 Å². The van der Waals surface area contributed by atoms with E-state index in [0.717, 1.165) is 11.1 Å². The number of hydrogen-bond acceptors (Lipinski definition) is 4. The van der Waals surface area contributed by atoms with Crippen LogP contribution < -0.4 is 14.8 Å². The molecule has 0 aliphatic heterocycles. The maximum absolute atomic E-state index is 12.8. The maximum atomic E-state index is 12.8. The Bertz CT molecular complexity index is 1160. The molecular formula is C23H24N2O4S. The number of amides is 1. The molecule has 0 saturated heterocycles. The number of ether oxygens (including phenoxy) is 1. The predicted octanol–water partition coefficient (Wildman–Crippen LogP) is 4.04. The van der Waals surface area contributed by atoms with Crippen molar-refractivity contribution in [2.24, 2.45) is 0 Å². The van der Waals surface area contributed by atoms with E-state index >= 15 is 0 Å². The predicted molar refractivity (Wildman–Crippen MR) is 117 cm³/mol. The standard InChI is InChI=1S/C23H24N2O4S/c1-16-7-10-19(11-8-16)25-30(27,28)21-12-9-17(2)22(14-21)23(26)24-15-18-5-4-6-20(13-18)29-3/h4-14,25H,15H2,1-3H3,(H,24,26). The third-order valence-corrected chi connectivity index (χ3v) is 6.03. The van der Waals surface area contributed by atoms with Crippen molar-refractivity contribution in [2.45, 2.75) is 25.3 Å². The lowest BCUT2D eigenvalue weighted by molar-refractivity contribution is 0.0950. The van der Waals surface area contributed by atoms with E-state index in [1.54, 1.807) is 32.2 Å². The number of sulfonamides is 1. The fourth-order valence-electron chi connectivity index (χ4n) is 2.91. The molecule has 1 amide bonds. The summed E-state index contributed by atoms with van der Waals surface area (Å²) >= 11 is 0. The van der Waals surface area contributed by atoms with Crippen molar-refractivity contribution in [2.75, 3.05) is 11.8 Å². The number of hydrogen-bond donors (Lipinski definition) is 2. The summed E-state index contributed by atoms with van der Waals surface area (Å²) in [4.78, 5) is 12.7. The second-order valence-electron chi connectivity index (χ2n) is 6.98. The van der Waals surface area contributed by atoms with Crippen LogP contribution in [0, 0.1) is 13.8 Å². The second-order valence-corrected chi connectivity index (χ2v) is 8.66. The summed E-state index contributed by atoms with van der Waals surface area (Å²) in [6.07, 6.45) is 0. The van der Waals surface area contributed by atoms with Gasteiger partial charge in [-0.15, -0.1) is 0 Å². The van der Waals surface area contributed by atoms with Crippen molar-refractivity contribution in [3.8, 4) is 5.75 Å². The zero-order valence-corrected chi connectivity index (χ0v) is 17.9. The summed E-state index contributed by atoms with van der Waals surface area (Å²) in [5, 5.41) is 2.83. The first kappa shape index (κ1) is 21.4. The molecule has 3 aromatic rings. The minimum atomic E-state index is -3.82. The fourth-order valence-corrected chi connectivity index (χ4v) is 3.99. The zero-order valence-electron chi connectivity index (χ0n) is 17.1. The van der Waals surface area contributed by atoms with E-state index in [1.165, 1.54) is 12.1 Å². The Labute approximate surface area is 177 Å². The molecule has 0 fully saturated rings. The van der Waals surface area contributed by atoms with Gasteiger partial charge in [-0.3, -0.25) is 9.52 Å². The first-order valence-corrected chi connectivity index (χ1v) is 10.9. The molecule has 156 valence electrons. The second kappa shape index (κ2) is 9.00. The number of benzene rings is 3. The molecule has 0 bridgehead atoms. The smallest absolute Gasteiger partial charge is 0.261 e. The van der Waals surface area contributed by atoms with E-state index < -0.39 is 10.0 Å². The molecule has 0 unspecified atom stereocenters. The van der Waals surface area contributed by atoms with Gasteiger partial charge in [-0.2, -0.15) is 0 Å². The van der Waals surface area contributed by atoms with Crippen molar-refractivity contribution in [3.63, 3.8) is 0 Å². The van der Waals surface area contributed by atoms with E-state index in [1.807, 2.05) is 43.3 Å². The fraction of sp³-hybridized carbons (Fsp3) is 0.174. The third-order valence-electron chi connectivity index (χ3n) is 4.65. The van der Waals surface area contributed by atoms with Crippen molar-refractivity contribution in [1.82, 2.24) is 5.32 Å². The molecule has 0 radical (unpaired) electrons. The molecule has 0 aliphatic rings. The van der Waals surface area contributed by atoms with Crippen LogP contribution in [0.15, 0.2) is 71.6 Å². The molecular weight excluding hydrogens is 400 g/mol. The quantitative estimate of drug-likeness (QED) is 0.599. The Kier molecular flexibility index (Phi) is 6.42. The van der Waals surface area contributed by atoms with Gasteiger partial charge in [-0.25, -0.2) is 8.42 Å². The van der Waals surface area contributed by atoms with Gasteiger partial charge in [-0.1, -0.05) is 35.9 Å². The van der Waals surface area contributed by atoms with Crippen LogP contribution in [0.3, 0.4) is 0 Å². The zero-order chi connectivity index (χ0) is 21.7. The van der Waals surface area contributed by atoms with E-state index in [0.29, 0.717) is 29.1 Å². The highest BCUT2D eigenvalue weighted by Crippen LogP contribution is 2.20. The average Bonchev–Trinajstić information content (AvgIpc) is 2.74. The lowest BCUT2D eigenvalue weighted by atomic mass is 10.1. The van der Waals surface area contributed by atoms with Crippen LogP contribution in [-0.4, -0.2) is 21.4 Å². The number of carbonyl (C=O) groups is 1. The molecule has 3 rings (SSSR count). The van der Waals surface area contributed by atoms with Gasteiger partial charge in [0.1, 0.15) is 5.75 Å². The number of aryl methyl sites for hydroxylation is 2. The topological polar surface area (TPSA) is 84.5 Å². The molecule has 0 saturated carbocycles. The maximum Gasteiger partial charge on any atom is 0.261 e. The van der Waals surface area contributed by atoms with Crippen LogP contribution >= 0.6 is 0 Å². The molecule has 0 atom stereocenters. The van der Waals surface area contributed by atoms with Gasteiger partial charge >= 0.3 is 0 Å². The van der Waals surface area contributed by atoms with Crippen molar-refractivity contribution >= 4 is 21.6 Å². The molecule has 0 spiro atoms. The Hall–Kier alpha value is -3.32. The van der Waals surface area contributed by atoms with Gasteiger partial charge in [0.05, 0.1) is 12.0 Å².